The highest BCUT2D eigenvalue weighted by molar-refractivity contribution is 7.89. The summed E-state index contributed by atoms with van der Waals surface area (Å²) >= 11 is 0. The van der Waals surface area contributed by atoms with E-state index in [2.05, 4.69) is 9.46 Å². The van der Waals surface area contributed by atoms with E-state index in [-0.39, 0.29) is 4.90 Å². The van der Waals surface area contributed by atoms with E-state index in [0.717, 1.165) is 38.4 Å². The average molecular weight is 313 g/mol. The van der Waals surface area contributed by atoms with Gasteiger partial charge in [0.05, 0.1) is 18.6 Å². The molecule has 0 spiro atoms. The number of carbonyl (C=O) groups excluding carboxylic acids is 1. The molecule has 0 fully saturated rings. The number of hydrogen-bond acceptors (Lipinski definition) is 5. The second-order valence-corrected chi connectivity index (χ2v) is 6.73. The van der Waals surface area contributed by atoms with Gasteiger partial charge in [-0.15, -0.1) is 0 Å². The summed E-state index contributed by atoms with van der Waals surface area (Å²) in [5, 5.41) is 9.10. The van der Waals surface area contributed by atoms with E-state index in [0.29, 0.717) is 0 Å². The molecule has 7 heteroatoms. The third-order valence-corrected chi connectivity index (χ3v) is 5.07. The van der Waals surface area contributed by atoms with Crippen molar-refractivity contribution in [3.8, 4) is 0 Å². The van der Waals surface area contributed by atoms with Gasteiger partial charge in [-0.2, -0.15) is 4.72 Å². The number of esters is 1. The van der Waals surface area contributed by atoms with Crippen molar-refractivity contribution in [2.75, 3.05) is 13.7 Å². The number of ether oxygens (including phenoxy) is 1. The summed E-state index contributed by atoms with van der Waals surface area (Å²) in [5.74, 6) is -0.820. The molecule has 1 aromatic carbocycles. The molecule has 0 heterocycles. The number of rotatable bonds is 5. The number of hydrogen-bond donors (Lipinski definition) is 2. The van der Waals surface area contributed by atoms with E-state index < -0.39 is 28.6 Å². The quantitative estimate of drug-likeness (QED) is 0.767. The van der Waals surface area contributed by atoms with Crippen LogP contribution in [0.2, 0.25) is 0 Å². The van der Waals surface area contributed by atoms with Crippen molar-refractivity contribution < 1.29 is 23.1 Å². The zero-order valence-corrected chi connectivity index (χ0v) is 12.6. The highest BCUT2D eigenvalue weighted by Crippen LogP contribution is 2.24. The molecular formula is C14H19NO5S. The molecule has 1 aliphatic carbocycles. The van der Waals surface area contributed by atoms with Gasteiger partial charge in [0.2, 0.25) is 10.0 Å². The second-order valence-electron chi connectivity index (χ2n) is 5.02. The van der Waals surface area contributed by atoms with Gasteiger partial charge in [-0.1, -0.05) is 6.07 Å². The van der Waals surface area contributed by atoms with E-state index in [9.17, 15) is 13.2 Å². The first kappa shape index (κ1) is 15.9. The minimum absolute atomic E-state index is 0.102. The number of nitrogens with one attached hydrogen (secondary N) is 1. The van der Waals surface area contributed by atoms with Crippen molar-refractivity contribution in [2.24, 2.45) is 0 Å². The lowest BCUT2D eigenvalue weighted by atomic mass is 9.92. The molecule has 0 saturated carbocycles. The Kier molecular flexibility index (Phi) is 4.97. The molecule has 0 amide bonds. The molecule has 6 nitrogen and oxygen atoms in total. The van der Waals surface area contributed by atoms with E-state index in [1.165, 1.54) is 11.6 Å². The van der Waals surface area contributed by atoms with Crippen molar-refractivity contribution in [1.82, 2.24) is 4.72 Å². The lowest BCUT2D eigenvalue weighted by Crippen LogP contribution is -2.43. The van der Waals surface area contributed by atoms with Gasteiger partial charge in [0.15, 0.2) is 0 Å². The van der Waals surface area contributed by atoms with Gasteiger partial charge in [0.25, 0.3) is 0 Å². The number of aryl methyl sites for hydroxylation is 2. The zero-order chi connectivity index (χ0) is 15.5. The van der Waals surface area contributed by atoms with Crippen LogP contribution in [0.3, 0.4) is 0 Å². The number of aliphatic hydroxyl groups excluding tert-OH is 1. The van der Waals surface area contributed by atoms with Gasteiger partial charge in [0, 0.05) is 0 Å². The molecule has 0 saturated heterocycles. The maximum atomic E-state index is 12.3. The van der Waals surface area contributed by atoms with Crippen molar-refractivity contribution in [3.05, 3.63) is 29.3 Å². The average Bonchev–Trinajstić information content (AvgIpc) is 2.51. The standard InChI is InChI=1S/C14H19NO5S/c1-20-14(17)13(9-16)15-21(18,19)12-7-6-10-4-2-3-5-11(10)8-12/h6-8,13,15-16H,2-5,9H2,1H3. The predicted octanol–water partition coefficient (Wildman–Crippen LogP) is 0.378. The summed E-state index contributed by atoms with van der Waals surface area (Å²) in [6, 6.07) is 3.69. The normalized spacial score (nSPS) is 16.1. The molecule has 21 heavy (non-hydrogen) atoms. The first-order valence-corrected chi connectivity index (χ1v) is 8.29. The Morgan fingerprint density at radius 2 is 2.00 bits per heavy atom. The van der Waals surface area contributed by atoms with Crippen LogP contribution < -0.4 is 4.72 Å². The topological polar surface area (TPSA) is 92.7 Å². The van der Waals surface area contributed by atoms with Gasteiger partial charge < -0.3 is 9.84 Å². The van der Waals surface area contributed by atoms with Gasteiger partial charge >= 0.3 is 5.97 Å². The molecule has 2 N–H and O–H groups in total. The number of fused-ring (bicyclic) bond motifs is 1. The molecule has 1 unspecified atom stereocenters. The third-order valence-electron chi connectivity index (χ3n) is 3.60. The molecule has 116 valence electrons. The van der Waals surface area contributed by atoms with Crippen LogP contribution in [0.1, 0.15) is 24.0 Å². The molecule has 0 aliphatic heterocycles. The number of benzene rings is 1. The Hall–Kier alpha value is -1.44. The van der Waals surface area contributed by atoms with Gasteiger partial charge in [-0.05, 0) is 48.9 Å². The van der Waals surface area contributed by atoms with Crippen LogP contribution in [0.5, 0.6) is 0 Å². The van der Waals surface area contributed by atoms with Crippen LogP contribution in [-0.2, 0) is 32.4 Å². The van der Waals surface area contributed by atoms with Gasteiger partial charge in [-0.3, -0.25) is 4.79 Å². The zero-order valence-electron chi connectivity index (χ0n) is 11.8. The Morgan fingerprint density at radius 3 is 2.62 bits per heavy atom. The fraction of sp³-hybridized carbons (Fsp3) is 0.500. The summed E-state index contributed by atoms with van der Waals surface area (Å²) < 4.78 is 31.2. The van der Waals surface area contributed by atoms with E-state index >= 15 is 0 Å². The van der Waals surface area contributed by atoms with Crippen LogP contribution >= 0.6 is 0 Å². The minimum Gasteiger partial charge on any atom is -0.468 e. The molecular weight excluding hydrogens is 294 g/mol. The van der Waals surface area contributed by atoms with Crippen molar-refractivity contribution in [3.63, 3.8) is 0 Å². The number of methoxy groups -OCH3 is 1. The smallest absolute Gasteiger partial charge is 0.326 e. The lowest BCUT2D eigenvalue weighted by Gasteiger charge is -2.18. The van der Waals surface area contributed by atoms with Crippen molar-refractivity contribution >= 4 is 16.0 Å². The fourth-order valence-corrected chi connectivity index (χ4v) is 3.66. The van der Waals surface area contributed by atoms with Crippen LogP contribution in [0, 0.1) is 0 Å². The first-order chi connectivity index (χ1) is 9.97. The largest absolute Gasteiger partial charge is 0.468 e. The SMILES string of the molecule is COC(=O)C(CO)NS(=O)(=O)c1ccc2c(c1)CCCC2. The Bertz CT molecular complexity index is 626. The van der Waals surface area contributed by atoms with Gasteiger partial charge in [-0.25, -0.2) is 8.42 Å². The fourth-order valence-electron chi connectivity index (χ4n) is 2.43. The van der Waals surface area contributed by atoms with Gasteiger partial charge in [0.1, 0.15) is 6.04 Å². The summed E-state index contributed by atoms with van der Waals surface area (Å²) in [6.45, 7) is -0.656. The van der Waals surface area contributed by atoms with Crippen molar-refractivity contribution in [1.29, 1.82) is 0 Å². The molecule has 2 rings (SSSR count). The maximum absolute atomic E-state index is 12.3. The van der Waals surface area contributed by atoms with Crippen LogP contribution in [0.25, 0.3) is 0 Å². The summed E-state index contributed by atoms with van der Waals surface area (Å²) in [6.07, 6.45) is 3.99. The van der Waals surface area contributed by atoms with Crippen LogP contribution in [0.15, 0.2) is 23.1 Å². The summed E-state index contributed by atoms with van der Waals surface area (Å²) in [7, 11) is -2.73. The Labute approximate surface area is 124 Å². The van der Waals surface area contributed by atoms with E-state index in [4.69, 9.17) is 5.11 Å². The Balaban J connectivity index is 2.25. The van der Waals surface area contributed by atoms with E-state index in [1.807, 2.05) is 6.07 Å². The highest BCUT2D eigenvalue weighted by atomic mass is 32.2. The molecule has 1 atom stereocenters. The predicted molar refractivity (Wildman–Crippen MR) is 76.3 cm³/mol. The number of aliphatic hydroxyl groups is 1. The molecule has 0 aromatic heterocycles. The second kappa shape index (κ2) is 6.55. The van der Waals surface area contributed by atoms with E-state index in [1.54, 1.807) is 6.07 Å². The van der Waals surface area contributed by atoms with Crippen molar-refractivity contribution in [2.45, 2.75) is 36.6 Å². The van der Waals surface area contributed by atoms with Crippen LogP contribution in [-0.4, -0.2) is 39.3 Å². The Morgan fingerprint density at radius 1 is 1.33 bits per heavy atom. The third kappa shape index (κ3) is 3.61. The maximum Gasteiger partial charge on any atom is 0.326 e. The number of sulfonamides is 1. The molecule has 1 aliphatic rings. The molecule has 0 radical (unpaired) electrons. The molecule has 0 bridgehead atoms. The summed E-state index contributed by atoms with van der Waals surface area (Å²) in [5.41, 5.74) is 2.20. The monoisotopic (exact) mass is 313 g/mol. The minimum atomic E-state index is -3.87. The van der Waals surface area contributed by atoms with Crippen LogP contribution in [0.4, 0.5) is 0 Å². The first-order valence-electron chi connectivity index (χ1n) is 6.81. The highest BCUT2D eigenvalue weighted by Gasteiger charge is 2.26. The number of carbonyl (C=O) groups is 1. The molecule has 1 aromatic rings. The lowest BCUT2D eigenvalue weighted by molar-refractivity contribution is -0.143. The summed E-state index contributed by atoms with van der Waals surface area (Å²) in [4.78, 5) is 11.5.